The molecule has 0 atom stereocenters. The Morgan fingerprint density at radius 1 is 1.50 bits per heavy atom. The van der Waals surface area contributed by atoms with E-state index in [1.807, 2.05) is 17.7 Å². The van der Waals surface area contributed by atoms with Gasteiger partial charge < -0.3 is 15.6 Å². The molecule has 0 fully saturated rings. The van der Waals surface area contributed by atoms with Crippen molar-refractivity contribution >= 4 is 61.4 Å². The van der Waals surface area contributed by atoms with Gasteiger partial charge in [0.15, 0.2) is 0 Å². The van der Waals surface area contributed by atoms with Gasteiger partial charge in [0.05, 0.1) is 16.9 Å². The zero-order valence-electron chi connectivity index (χ0n) is 13.2. The van der Waals surface area contributed by atoms with E-state index in [2.05, 4.69) is 37.4 Å². The molecule has 0 saturated carbocycles. The summed E-state index contributed by atoms with van der Waals surface area (Å²) in [6.07, 6.45) is 0.863. The van der Waals surface area contributed by atoms with Crippen molar-refractivity contribution in [1.82, 2.24) is 9.97 Å². The van der Waals surface area contributed by atoms with Crippen LogP contribution in [-0.2, 0) is 6.54 Å². The van der Waals surface area contributed by atoms with Crippen LogP contribution in [0.25, 0.3) is 16.9 Å². The molecule has 8 heteroatoms. The molecule has 0 saturated heterocycles. The Balaban J connectivity index is 1.91. The molecule has 0 amide bonds. The number of aromatic amines is 1. The van der Waals surface area contributed by atoms with Crippen molar-refractivity contribution in [1.29, 1.82) is 0 Å². The Hall–Kier alpha value is -1.22. The predicted octanol–water partition coefficient (Wildman–Crippen LogP) is 5.05. The maximum absolute atomic E-state index is 13.6. The van der Waals surface area contributed by atoms with E-state index in [1.54, 1.807) is 11.3 Å². The second-order valence-corrected chi connectivity index (χ2v) is 8.13. The topological polar surface area (TPSA) is 57.9 Å². The van der Waals surface area contributed by atoms with E-state index in [9.17, 15) is 4.39 Å². The first-order valence-corrected chi connectivity index (χ1v) is 10.1. The predicted molar refractivity (Wildman–Crippen MR) is 106 cm³/mol. The van der Waals surface area contributed by atoms with Crippen molar-refractivity contribution in [2.45, 2.75) is 19.9 Å². The second kappa shape index (κ2) is 7.35. The fourth-order valence-electron chi connectivity index (χ4n) is 2.46. The van der Waals surface area contributed by atoms with Crippen LogP contribution in [0.1, 0.15) is 21.7 Å². The highest BCUT2D eigenvalue weighted by molar-refractivity contribution is 9.10. The van der Waals surface area contributed by atoms with Crippen LogP contribution in [0.3, 0.4) is 0 Å². The molecule has 0 aliphatic rings. The molecular formula is C16H18BrFN4S2. The van der Waals surface area contributed by atoms with Crippen molar-refractivity contribution in [3.05, 3.63) is 37.1 Å². The normalized spacial score (nSPS) is 11.3. The highest BCUT2D eigenvalue weighted by Crippen LogP contribution is 2.38. The Kier molecular flexibility index (Phi) is 5.39. The summed E-state index contributed by atoms with van der Waals surface area (Å²) in [5.41, 5.74) is 8.72. The number of anilines is 1. The molecule has 0 radical (unpaired) electrons. The number of halogens is 2. The number of imidazole rings is 1. The maximum atomic E-state index is 13.6. The van der Waals surface area contributed by atoms with Gasteiger partial charge in [0.25, 0.3) is 0 Å². The standard InChI is InChI=1S/C16H18BrFN4S2/c1-9-13(24-15(10(2)18)14(9)17)6-22(5-3-4-19)16-20-11-7-23-8-12(11)21-16/h7-8H,2-6,19H2,1H3,(H,20,21). The minimum atomic E-state index is -0.409. The summed E-state index contributed by atoms with van der Waals surface area (Å²) < 4.78 is 14.4. The van der Waals surface area contributed by atoms with Crippen LogP contribution < -0.4 is 10.6 Å². The third kappa shape index (κ3) is 3.42. The lowest BCUT2D eigenvalue weighted by Crippen LogP contribution is -2.26. The van der Waals surface area contributed by atoms with E-state index in [0.717, 1.165) is 44.9 Å². The minimum absolute atomic E-state index is 0.409. The number of fused-ring (bicyclic) bond motifs is 1. The lowest BCUT2D eigenvalue weighted by Gasteiger charge is -2.21. The molecule has 3 heterocycles. The average Bonchev–Trinajstić information content (AvgIpc) is 3.20. The van der Waals surface area contributed by atoms with Gasteiger partial charge in [-0.3, -0.25) is 0 Å². The number of rotatable bonds is 7. The summed E-state index contributed by atoms with van der Waals surface area (Å²) in [6, 6.07) is 0. The molecule has 3 aromatic heterocycles. The summed E-state index contributed by atoms with van der Waals surface area (Å²) >= 11 is 6.52. The monoisotopic (exact) mass is 428 g/mol. The molecule has 3 N–H and O–H groups in total. The van der Waals surface area contributed by atoms with E-state index >= 15 is 0 Å². The zero-order chi connectivity index (χ0) is 17.3. The van der Waals surface area contributed by atoms with Crippen molar-refractivity contribution in [2.24, 2.45) is 5.73 Å². The number of nitrogens with one attached hydrogen (secondary N) is 1. The van der Waals surface area contributed by atoms with Crippen molar-refractivity contribution in [2.75, 3.05) is 18.0 Å². The van der Waals surface area contributed by atoms with Crippen molar-refractivity contribution in [3.8, 4) is 0 Å². The largest absolute Gasteiger partial charge is 0.337 e. The number of thiophene rings is 2. The molecule has 128 valence electrons. The van der Waals surface area contributed by atoms with E-state index in [-0.39, 0.29) is 0 Å². The summed E-state index contributed by atoms with van der Waals surface area (Å²) in [4.78, 5) is 11.8. The Morgan fingerprint density at radius 2 is 2.29 bits per heavy atom. The number of nitrogens with two attached hydrogens (primary N) is 1. The van der Waals surface area contributed by atoms with Gasteiger partial charge in [-0.1, -0.05) is 6.58 Å². The Labute approximate surface area is 156 Å². The molecule has 0 aliphatic carbocycles. The van der Waals surface area contributed by atoms with E-state index in [0.29, 0.717) is 18.0 Å². The lowest BCUT2D eigenvalue weighted by atomic mass is 10.2. The molecule has 0 unspecified atom stereocenters. The first kappa shape index (κ1) is 17.6. The van der Waals surface area contributed by atoms with Gasteiger partial charge in [0.1, 0.15) is 11.3 Å². The van der Waals surface area contributed by atoms with Gasteiger partial charge in [-0.05, 0) is 41.4 Å². The molecule has 0 aromatic carbocycles. The van der Waals surface area contributed by atoms with Gasteiger partial charge in [-0.15, -0.1) is 22.7 Å². The molecule has 0 aliphatic heterocycles. The van der Waals surface area contributed by atoms with Crippen LogP contribution in [0.5, 0.6) is 0 Å². The van der Waals surface area contributed by atoms with Crippen LogP contribution in [0, 0.1) is 6.92 Å². The highest BCUT2D eigenvalue weighted by Gasteiger charge is 2.19. The Morgan fingerprint density at radius 3 is 2.92 bits per heavy atom. The molecular weight excluding hydrogens is 411 g/mol. The molecule has 0 spiro atoms. The summed E-state index contributed by atoms with van der Waals surface area (Å²) in [5.74, 6) is 0.415. The number of nitrogens with zero attached hydrogens (tertiary/aromatic N) is 2. The van der Waals surface area contributed by atoms with E-state index in [4.69, 9.17) is 5.73 Å². The molecule has 3 aromatic rings. The van der Waals surface area contributed by atoms with Crippen molar-refractivity contribution < 1.29 is 4.39 Å². The van der Waals surface area contributed by atoms with E-state index < -0.39 is 5.83 Å². The maximum Gasteiger partial charge on any atom is 0.204 e. The third-order valence-electron chi connectivity index (χ3n) is 3.80. The van der Waals surface area contributed by atoms with Crippen LogP contribution >= 0.6 is 38.6 Å². The first-order valence-electron chi connectivity index (χ1n) is 7.50. The van der Waals surface area contributed by atoms with Crippen molar-refractivity contribution in [3.63, 3.8) is 0 Å². The quantitative estimate of drug-likeness (QED) is 0.553. The van der Waals surface area contributed by atoms with Crippen LogP contribution in [0.15, 0.2) is 21.8 Å². The number of hydrogen-bond acceptors (Lipinski definition) is 5. The Bertz CT molecular complexity index is 838. The highest BCUT2D eigenvalue weighted by atomic mass is 79.9. The summed E-state index contributed by atoms with van der Waals surface area (Å²) in [5, 5.41) is 4.07. The molecule has 4 nitrogen and oxygen atoms in total. The van der Waals surface area contributed by atoms with Crippen LogP contribution in [-0.4, -0.2) is 23.1 Å². The minimum Gasteiger partial charge on any atom is -0.337 e. The van der Waals surface area contributed by atoms with Gasteiger partial charge in [-0.2, -0.15) is 0 Å². The lowest BCUT2D eigenvalue weighted by molar-refractivity contribution is 0.723. The zero-order valence-corrected chi connectivity index (χ0v) is 16.5. The molecule has 3 rings (SSSR count). The first-order chi connectivity index (χ1) is 11.5. The van der Waals surface area contributed by atoms with E-state index in [1.165, 1.54) is 11.3 Å². The number of hydrogen-bond donors (Lipinski definition) is 2. The SMILES string of the molecule is C=C(F)c1sc(CN(CCCN)c2nc3cscc3[nH]2)c(C)c1Br. The average molecular weight is 429 g/mol. The van der Waals surface area contributed by atoms with Gasteiger partial charge in [-0.25, -0.2) is 9.37 Å². The fraction of sp³-hybridized carbons (Fsp3) is 0.312. The molecule has 24 heavy (non-hydrogen) atoms. The second-order valence-electron chi connectivity index (χ2n) is 5.49. The van der Waals surface area contributed by atoms with Crippen LogP contribution in [0.2, 0.25) is 0 Å². The molecule has 0 bridgehead atoms. The van der Waals surface area contributed by atoms with Gasteiger partial charge in [0, 0.05) is 26.7 Å². The third-order valence-corrected chi connectivity index (χ3v) is 7.10. The number of aromatic nitrogens is 2. The smallest absolute Gasteiger partial charge is 0.204 e. The van der Waals surface area contributed by atoms with Gasteiger partial charge in [0.2, 0.25) is 5.95 Å². The summed E-state index contributed by atoms with van der Waals surface area (Å²) in [7, 11) is 0. The van der Waals surface area contributed by atoms with Gasteiger partial charge >= 0.3 is 0 Å². The van der Waals surface area contributed by atoms with Crippen LogP contribution in [0.4, 0.5) is 10.3 Å². The summed E-state index contributed by atoms with van der Waals surface area (Å²) in [6.45, 7) is 7.46. The number of H-pyrrole nitrogens is 1. The fourth-order valence-corrected chi connectivity index (χ4v) is 5.06.